The molecule has 1 aromatic rings. The molecule has 0 bridgehead atoms. The molecule has 0 saturated heterocycles. The van der Waals surface area contributed by atoms with E-state index in [0.29, 0.717) is 6.07 Å². The normalized spacial score (nSPS) is 9.94. The summed E-state index contributed by atoms with van der Waals surface area (Å²) in [6.45, 7) is 0. The number of aliphatic carboxylic acids is 1. The Morgan fingerprint density at radius 3 is 2.50 bits per heavy atom. The zero-order valence-corrected chi connectivity index (χ0v) is 9.35. The first-order chi connectivity index (χ1) is 7.40. The highest BCUT2D eigenvalue weighted by atomic mass is 79.9. The van der Waals surface area contributed by atoms with Gasteiger partial charge in [0.15, 0.2) is 5.82 Å². The Bertz CT molecular complexity index is 427. The molecule has 4 nitrogen and oxygen atoms in total. The number of carboxylic acids is 1. The molecule has 0 unspecified atom stereocenters. The third-order valence-corrected chi connectivity index (χ3v) is 2.21. The number of halogens is 3. The molecule has 86 valence electrons. The van der Waals surface area contributed by atoms with Crippen LogP contribution in [0.3, 0.4) is 0 Å². The largest absolute Gasteiger partial charge is 0.481 e. The number of amides is 1. The van der Waals surface area contributed by atoms with Gasteiger partial charge in [-0.25, -0.2) is 8.78 Å². The zero-order valence-electron chi connectivity index (χ0n) is 7.76. The van der Waals surface area contributed by atoms with Gasteiger partial charge in [-0.05, 0) is 22.0 Å². The Kier molecular flexibility index (Phi) is 3.94. The Balaban J connectivity index is 2.89. The molecule has 0 aliphatic heterocycles. The topological polar surface area (TPSA) is 66.4 Å². The maximum absolute atomic E-state index is 13.2. The summed E-state index contributed by atoms with van der Waals surface area (Å²) < 4.78 is 25.9. The van der Waals surface area contributed by atoms with Crippen LogP contribution in [0.1, 0.15) is 6.42 Å². The summed E-state index contributed by atoms with van der Waals surface area (Å²) in [5.41, 5.74) is -0.285. The Morgan fingerprint density at radius 2 is 2.00 bits per heavy atom. The molecule has 2 N–H and O–H groups in total. The number of hydrogen-bond donors (Lipinski definition) is 2. The van der Waals surface area contributed by atoms with Crippen LogP contribution in [0.15, 0.2) is 16.6 Å². The fourth-order valence-electron chi connectivity index (χ4n) is 0.983. The third-order valence-electron chi connectivity index (χ3n) is 1.58. The lowest BCUT2D eigenvalue weighted by Crippen LogP contribution is -2.17. The van der Waals surface area contributed by atoms with Gasteiger partial charge < -0.3 is 10.4 Å². The van der Waals surface area contributed by atoms with Gasteiger partial charge in [0.25, 0.3) is 0 Å². The number of benzene rings is 1. The molecule has 0 fully saturated rings. The van der Waals surface area contributed by atoms with Crippen molar-refractivity contribution < 1.29 is 23.5 Å². The molecule has 0 aliphatic rings. The quantitative estimate of drug-likeness (QED) is 0.839. The number of carboxylic acid groups (broad SMARTS) is 1. The molecule has 0 radical (unpaired) electrons. The van der Waals surface area contributed by atoms with Crippen LogP contribution in [-0.2, 0) is 9.59 Å². The van der Waals surface area contributed by atoms with Crippen molar-refractivity contribution >= 4 is 33.5 Å². The van der Waals surface area contributed by atoms with Gasteiger partial charge in [0.2, 0.25) is 5.91 Å². The van der Waals surface area contributed by atoms with Gasteiger partial charge in [-0.15, -0.1) is 0 Å². The van der Waals surface area contributed by atoms with E-state index in [2.05, 4.69) is 15.9 Å². The predicted octanol–water partition coefficient (Wildman–Crippen LogP) is 2.14. The molecular formula is C9H6BrF2NO3. The average molecular weight is 294 g/mol. The number of carbonyl (C=O) groups is 2. The van der Waals surface area contributed by atoms with E-state index in [1.54, 1.807) is 0 Å². The van der Waals surface area contributed by atoms with Crippen LogP contribution < -0.4 is 5.32 Å². The van der Waals surface area contributed by atoms with Crippen LogP contribution in [0.4, 0.5) is 14.5 Å². The summed E-state index contributed by atoms with van der Waals surface area (Å²) in [5, 5.41) is 10.3. The number of hydrogen-bond acceptors (Lipinski definition) is 2. The van der Waals surface area contributed by atoms with Crippen molar-refractivity contribution in [1.29, 1.82) is 0 Å². The molecule has 0 spiro atoms. The van der Waals surface area contributed by atoms with Gasteiger partial charge >= 0.3 is 5.97 Å². The summed E-state index contributed by atoms with van der Waals surface area (Å²) >= 11 is 2.85. The van der Waals surface area contributed by atoms with Crippen molar-refractivity contribution in [2.75, 3.05) is 5.32 Å². The molecule has 1 amide bonds. The molecule has 0 heterocycles. The minimum atomic E-state index is -1.34. The molecule has 0 saturated carbocycles. The van der Waals surface area contributed by atoms with E-state index in [0.717, 1.165) is 6.07 Å². The lowest BCUT2D eigenvalue weighted by atomic mass is 10.3. The van der Waals surface area contributed by atoms with Crippen molar-refractivity contribution in [2.24, 2.45) is 0 Å². The predicted molar refractivity (Wildman–Crippen MR) is 54.9 cm³/mol. The molecule has 1 rings (SSSR count). The maximum atomic E-state index is 13.2. The summed E-state index contributed by atoms with van der Waals surface area (Å²) in [6.07, 6.45) is -0.788. The number of rotatable bonds is 3. The summed E-state index contributed by atoms with van der Waals surface area (Å²) in [5.74, 6) is -4.01. The third kappa shape index (κ3) is 3.27. The summed E-state index contributed by atoms with van der Waals surface area (Å²) in [7, 11) is 0. The minimum absolute atomic E-state index is 0.00346. The van der Waals surface area contributed by atoms with Gasteiger partial charge in [0.05, 0.1) is 5.69 Å². The van der Waals surface area contributed by atoms with E-state index < -0.39 is 29.9 Å². The van der Waals surface area contributed by atoms with Crippen molar-refractivity contribution in [2.45, 2.75) is 6.42 Å². The van der Waals surface area contributed by atoms with Crippen LogP contribution >= 0.6 is 15.9 Å². The van der Waals surface area contributed by atoms with Crippen molar-refractivity contribution in [3.63, 3.8) is 0 Å². The van der Waals surface area contributed by atoms with E-state index in [4.69, 9.17) is 5.11 Å². The highest BCUT2D eigenvalue weighted by Gasteiger charge is 2.14. The number of carbonyl (C=O) groups excluding carboxylic acids is 1. The highest BCUT2D eigenvalue weighted by Crippen LogP contribution is 2.26. The van der Waals surface area contributed by atoms with Gasteiger partial charge in [-0.3, -0.25) is 9.59 Å². The highest BCUT2D eigenvalue weighted by molar-refractivity contribution is 9.10. The van der Waals surface area contributed by atoms with Crippen LogP contribution in [0.2, 0.25) is 0 Å². The molecule has 7 heteroatoms. The molecule has 16 heavy (non-hydrogen) atoms. The number of anilines is 1. The Morgan fingerprint density at radius 1 is 1.38 bits per heavy atom. The fraction of sp³-hybridized carbons (Fsp3) is 0.111. The lowest BCUT2D eigenvalue weighted by Gasteiger charge is -2.07. The lowest BCUT2D eigenvalue weighted by molar-refractivity contribution is -0.139. The number of nitrogens with one attached hydrogen (secondary N) is 1. The smallest absolute Gasteiger partial charge is 0.312 e. The molecule has 0 atom stereocenters. The van der Waals surface area contributed by atoms with Gasteiger partial charge in [-0.1, -0.05) is 0 Å². The first kappa shape index (κ1) is 12.6. The minimum Gasteiger partial charge on any atom is -0.481 e. The van der Waals surface area contributed by atoms with Gasteiger partial charge in [0, 0.05) is 10.5 Å². The van der Waals surface area contributed by atoms with Crippen LogP contribution in [0, 0.1) is 11.6 Å². The molecular weight excluding hydrogens is 288 g/mol. The Hall–Kier alpha value is -1.50. The van der Waals surface area contributed by atoms with E-state index >= 15 is 0 Å². The monoisotopic (exact) mass is 293 g/mol. The van der Waals surface area contributed by atoms with Crippen molar-refractivity contribution in [3.8, 4) is 0 Å². The van der Waals surface area contributed by atoms with Crippen LogP contribution in [0.25, 0.3) is 0 Å². The Labute approximate surface area is 97.4 Å². The standard InChI is InChI=1S/C9H6BrF2NO3/c10-5-1-4(11)2-6(12)9(5)13-7(14)3-8(15)16/h1-2H,3H2,(H,13,14)(H,15,16). The van der Waals surface area contributed by atoms with E-state index in [9.17, 15) is 18.4 Å². The van der Waals surface area contributed by atoms with Crippen LogP contribution in [-0.4, -0.2) is 17.0 Å². The molecule has 1 aromatic carbocycles. The fourth-order valence-corrected chi connectivity index (χ4v) is 1.49. The summed E-state index contributed by atoms with van der Waals surface area (Å²) in [6, 6.07) is 1.54. The van der Waals surface area contributed by atoms with Crippen molar-refractivity contribution in [3.05, 3.63) is 28.2 Å². The second-order valence-electron chi connectivity index (χ2n) is 2.86. The van der Waals surface area contributed by atoms with Gasteiger partial charge in [-0.2, -0.15) is 0 Å². The second kappa shape index (κ2) is 5.02. The second-order valence-corrected chi connectivity index (χ2v) is 3.72. The van der Waals surface area contributed by atoms with Crippen LogP contribution in [0.5, 0.6) is 0 Å². The zero-order chi connectivity index (χ0) is 12.3. The first-order valence-corrected chi connectivity index (χ1v) is 4.85. The SMILES string of the molecule is O=C(O)CC(=O)Nc1c(F)cc(F)cc1Br. The molecule has 0 aromatic heterocycles. The van der Waals surface area contributed by atoms with Crippen molar-refractivity contribution in [1.82, 2.24) is 0 Å². The van der Waals surface area contributed by atoms with Gasteiger partial charge in [0.1, 0.15) is 12.2 Å². The van der Waals surface area contributed by atoms with E-state index in [1.165, 1.54) is 0 Å². The summed E-state index contributed by atoms with van der Waals surface area (Å²) in [4.78, 5) is 21.2. The molecule has 0 aliphatic carbocycles. The van der Waals surface area contributed by atoms with E-state index in [1.807, 2.05) is 5.32 Å². The van der Waals surface area contributed by atoms with E-state index in [-0.39, 0.29) is 10.2 Å². The maximum Gasteiger partial charge on any atom is 0.312 e. The average Bonchev–Trinajstić information content (AvgIpc) is 2.09. The first-order valence-electron chi connectivity index (χ1n) is 4.06.